The van der Waals surface area contributed by atoms with E-state index in [0.717, 1.165) is 16.7 Å². The first kappa shape index (κ1) is 18.0. The van der Waals surface area contributed by atoms with Crippen LogP contribution in [0.25, 0.3) is 0 Å². The van der Waals surface area contributed by atoms with E-state index >= 15 is 0 Å². The molecule has 1 heterocycles. The Hall–Kier alpha value is -2.38. The fourth-order valence-corrected chi connectivity index (χ4v) is 5.67. The molecule has 2 aromatic rings. The van der Waals surface area contributed by atoms with Crippen molar-refractivity contribution in [3.8, 4) is 11.5 Å². The molecule has 27 heavy (non-hydrogen) atoms. The molecule has 1 atom stereocenters. The lowest BCUT2D eigenvalue weighted by Gasteiger charge is -2.34. The van der Waals surface area contributed by atoms with Gasteiger partial charge in [-0.1, -0.05) is 17.7 Å². The largest absolute Gasteiger partial charge is 0.493 e. The molecule has 0 bridgehead atoms. The van der Waals surface area contributed by atoms with Crippen molar-refractivity contribution in [3.63, 3.8) is 0 Å². The molecule has 2 aliphatic rings. The lowest BCUT2D eigenvalue weighted by molar-refractivity contribution is 0.0973. The topological polar surface area (TPSA) is 72.9 Å². The Morgan fingerprint density at radius 1 is 1.11 bits per heavy atom. The number of carbonyl (C=O) groups excluding carboxylic acids is 1. The predicted molar refractivity (Wildman–Crippen MR) is 100 cm³/mol. The van der Waals surface area contributed by atoms with Crippen molar-refractivity contribution in [2.45, 2.75) is 30.7 Å². The third-order valence-electron chi connectivity index (χ3n) is 5.36. The van der Waals surface area contributed by atoms with Gasteiger partial charge in [0.1, 0.15) is 0 Å². The number of ketones is 1. The quantitative estimate of drug-likeness (QED) is 0.807. The van der Waals surface area contributed by atoms with Gasteiger partial charge in [0.2, 0.25) is 10.0 Å². The molecule has 4 rings (SSSR count). The number of ether oxygens (including phenoxy) is 2. The van der Waals surface area contributed by atoms with Crippen molar-refractivity contribution in [2.24, 2.45) is 0 Å². The van der Waals surface area contributed by atoms with Crippen LogP contribution in [0.5, 0.6) is 11.5 Å². The van der Waals surface area contributed by atoms with Gasteiger partial charge in [-0.25, -0.2) is 8.42 Å². The fraction of sp³-hybridized carbons (Fsp3) is 0.350. The average Bonchev–Trinajstić information content (AvgIpc) is 3.00. The van der Waals surface area contributed by atoms with Crippen LogP contribution in [0.4, 0.5) is 0 Å². The highest BCUT2D eigenvalue weighted by Gasteiger charge is 2.45. The van der Waals surface area contributed by atoms with E-state index in [9.17, 15) is 13.2 Å². The van der Waals surface area contributed by atoms with Crippen molar-refractivity contribution in [1.29, 1.82) is 0 Å². The number of sulfonamides is 1. The summed E-state index contributed by atoms with van der Waals surface area (Å²) in [5.41, 5.74) is 3.17. The summed E-state index contributed by atoms with van der Waals surface area (Å²) in [6.07, 6.45) is 0.647. The van der Waals surface area contributed by atoms with E-state index in [1.165, 1.54) is 18.5 Å². The van der Waals surface area contributed by atoms with Gasteiger partial charge < -0.3 is 9.47 Å². The normalized spacial score (nSPS) is 19.1. The summed E-state index contributed by atoms with van der Waals surface area (Å²) in [6.45, 7) is 2.24. The Bertz CT molecular complexity index is 1030. The number of aryl methyl sites for hydroxylation is 1. The van der Waals surface area contributed by atoms with Crippen LogP contribution in [0.3, 0.4) is 0 Å². The molecule has 0 amide bonds. The zero-order valence-corrected chi connectivity index (χ0v) is 16.3. The maximum absolute atomic E-state index is 13.2. The van der Waals surface area contributed by atoms with E-state index in [2.05, 4.69) is 0 Å². The summed E-state index contributed by atoms with van der Waals surface area (Å²) in [5.74, 6) is 0.784. The molecule has 0 N–H and O–H groups in total. The monoisotopic (exact) mass is 387 g/mol. The van der Waals surface area contributed by atoms with Crippen molar-refractivity contribution < 1.29 is 22.7 Å². The molecule has 7 heteroatoms. The number of rotatable bonds is 4. The minimum absolute atomic E-state index is 0.113. The second-order valence-electron chi connectivity index (χ2n) is 6.88. The van der Waals surface area contributed by atoms with Gasteiger partial charge in [0.25, 0.3) is 0 Å². The number of methoxy groups -OCH3 is 2. The Morgan fingerprint density at radius 3 is 2.44 bits per heavy atom. The van der Waals surface area contributed by atoms with Gasteiger partial charge in [-0.05, 0) is 42.7 Å². The highest BCUT2D eigenvalue weighted by molar-refractivity contribution is 7.89. The van der Waals surface area contributed by atoms with E-state index in [4.69, 9.17) is 9.47 Å². The van der Waals surface area contributed by atoms with Crippen LogP contribution in [0.15, 0.2) is 35.2 Å². The Labute approximate surface area is 158 Å². The van der Waals surface area contributed by atoms with E-state index in [0.29, 0.717) is 30.0 Å². The predicted octanol–water partition coefficient (Wildman–Crippen LogP) is 2.89. The average molecular weight is 387 g/mol. The van der Waals surface area contributed by atoms with Gasteiger partial charge in [0.15, 0.2) is 17.3 Å². The molecule has 0 aromatic heterocycles. The van der Waals surface area contributed by atoms with Crippen molar-refractivity contribution in [1.82, 2.24) is 4.31 Å². The first-order chi connectivity index (χ1) is 12.9. The molecule has 1 aliphatic heterocycles. The molecule has 1 unspecified atom stereocenters. The maximum atomic E-state index is 13.2. The van der Waals surface area contributed by atoms with Gasteiger partial charge in [-0.15, -0.1) is 0 Å². The van der Waals surface area contributed by atoms with Gasteiger partial charge in [0, 0.05) is 13.0 Å². The van der Waals surface area contributed by atoms with Crippen LogP contribution < -0.4 is 9.47 Å². The molecule has 0 saturated heterocycles. The zero-order valence-electron chi connectivity index (χ0n) is 15.5. The zero-order chi connectivity index (χ0) is 19.3. The lowest BCUT2D eigenvalue weighted by atomic mass is 9.94. The van der Waals surface area contributed by atoms with Gasteiger partial charge in [-0.3, -0.25) is 4.79 Å². The molecular formula is C20H21NO5S. The molecule has 1 aliphatic carbocycles. The first-order valence-electron chi connectivity index (χ1n) is 8.78. The Morgan fingerprint density at radius 2 is 1.81 bits per heavy atom. The summed E-state index contributed by atoms with van der Waals surface area (Å²) >= 11 is 0. The Balaban J connectivity index is 1.84. The fourth-order valence-electron chi connectivity index (χ4n) is 4.07. The highest BCUT2D eigenvalue weighted by atomic mass is 32.2. The number of benzene rings is 2. The van der Waals surface area contributed by atoms with Crippen LogP contribution in [0, 0.1) is 6.92 Å². The van der Waals surface area contributed by atoms with Crippen molar-refractivity contribution in [3.05, 3.63) is 52.6 Å². The third kappa shape index (κ3) is 2.64. The van der Waals surface area contributed by atoms with E-state index < -0.39 is 16.1 Å². The van der Waals surface area contributed by atoms with Crippen molar-refractivity contribution >= 4 is 15.8 Å². The minimum atomic E-state index is -3.70. The van der Waals surface area contributed by atoms with Crippen LogP contribution in [-0.4, -0.2) is 39.3 Å². The summed E-state index contributed by atoms with van der Waals surface area (Å²) in [7, 11) is -0.675. The molecule has 2 aromatic carbocycles. The summed E-state index contributed by atoms with van der Waals surface area (Å²) < 4.78 is 38.7. The van der Waals surface area contributed by atoms with Crippen molar-refractivity contribution in [2.75, 3.05) is 20.8 Å². The summed E-state index contributed by atoms with van der Waals surface area (Å²) in [6, 6.07) is 8.16. The summed E-state index contributed by atoms with van der Waals surface area (Å²) in [4.78, 5) is 13.0. The lowest BCUT2D eigenvalue weighted by Crippen LogP contribution is -2.39. The molecular weight excluding hydrogens is 366 g/mol. The molecule has 0 spiro atoms. The van der Waals surface area contributed by atoms with E-state index in [-0.39, 0.29) is 17.1 Å². The smallest absolute Gasteiger partial charge is 0.243 e. The molecule has 6 nitrogen and oxygen atoms in total. The molecule has 0 saturated carbocycles. The number of nitrogens with zero attached hydrogens (tertiary/aromatic N) is 1. The molecule has 0 radical (unpaired) electrons. The van der Waals surface area contributed by atoms with E-state index in [1.807, 2.05) is 13.0 Å². The first-order valence-corrected chi connectivity index (χ1v) is 10.2. The van der Waals surface area contributed by atoms with Crippen LogP contribution >= 0.6 is 0 Å². The van der Waals surface area contributed by atoms with E-state index in [1.54, 1.807) is 24.3 Å². The van der Waals surface area contributed by atoms with Gasteiger partial charge in [-0.2, -0.15) is 4.31 Å². The van der Waals surface area contributed by atoms with Gasteiger partial charge >= 0.3 is 0 Å². The van der Waals surface area contributed by atoms with Crippen LogP contribution in [-0.2, 0) is 16.4 Å². The SMILES string of the molecule is COc1cc2c3c(c1OC)C(=O)CC3N(S(=O)(=O)c1ccc(C)cc1)CC2. The molecule has 142 valence electrons. The second kappa shape index (κ2) is 6.35. The number of hydrogen-bond acceptors (Lipinski definition) is 5. The number of carbonyl (C=O) groups is 1. The second-order valence-corrected chi connectivity index (χ2v) is 8.77. The molecule has 0 fully saturated rings. The minimum Gasteiger partial charge on any atom is -0.493 e. The summed E-state index contributed by atoms with van der Waals surface area (Å²) in [5, 5.41) is 0. The highest BCUT2D eigenvalue weighted by Crippen LogP contribution is 2.49. The van der Waals surface area contributed by atoms with Crippen LogP contribution in [0.1, 0.15) is 39.5 Å². The number of hydrogen-bond donors (Lipinski definition) is 0. The number of Topliss-reactive ketones (excluding diaryl/α,β-unsaturated/α-hetero) is 1. The maximum Gasteiger partial charge on any atom is 0.243 e. The third-order valence-corrected chi connectivity index (χ3v) is 7.29. The van der Waals surface area contributed by atoms with Crippen LogP contribution in [0.2, 0.25) is 0 Å². The standard InChI is InChI=1S/C20H21NO5S/c1-12-4-6-14(7-5-12)27(23,24)21-9-8-13-10-17(25-2)20(26-3)19-16(22)11-15(21)18(13)19/h4-7,10,15H,8-9,11H2,1-3H3. The van der Waals surface area contributed by atoms with Gasteiger partial charge in [0.05, 0.1) is 30.7 Å². The Kier molecular flexibility index (Phi) is 4.24.